The topological polar surface area (TPSA) is 67.2 Å². The highest BCUT2D eigenvalue weighted by atomic mass is 16.5. The Morgan fingerprint density at radius 2 is 1.76 bits per heavy atom. The van der Waals surface area contributed by atoms with Crippen molar-refractivity contribution in [2.45, 2.75) is 26.2 Å². The van der Waals surface area contributed by atoms with E-state index in [0.717, 1.165) is 18.4 Å². The van der Waals surface area contributed by atoms with Gasteiger partial charge in [-0.05, 0) is 30.5 Å². The van der Waals surface area contributed by atoms with Crippen molar-refractivity contribution < 1.29 is 14.3 Å². The van der Waals surface area contributed by atoms with Crippen molar-refractivity contribution in [2.24, 2.45) is 5.92 Å². The Labute approximate surface area is 148 Å². The van der Waals surface area contributed by atoms with E-state index in [2.05, 4.69) is 0 Å². The average molecular weight is 335 g/mol. The van der Waals surface area contributed by atoms with E-state index in [1.807, 2.05) is 43.3 Å². The summed E-state index contributed by atoms with van der Waals surface area (Å²) in [6.45, 7) is 2.33. The van der Waals surface area contributed by atoms with Gasteiger partial charge in [-0.2, -0.15) is 5.26 Å². The maximum atomic E-state index is 12.8. The van der Waals surface area contributed by atoms with Gasteiger partial charge in [-0.25, -0.2) is 0 Å². The third kappa shape index (κ3) is 5.29. The summed E-state index contributed by atoms with van der Waals surface area (Å²) in [7, 11) is 0. The van der Waals surface area contributed by atoms with Gasteiger partial charge in [-0.3, -0.25) is 9.59 Å². The Morgan fingerprint density at radius 3 is 2.36 bits per heavy atom. The fourth-order valence-electron chi connectivity index (χ4n) is 2.46. The van der Waals surface area contributed by atoms with Crippen molar-refractivity contribution >= 4 is 11.8 Å². The third-order valence-corrected chi connectivity index (χ3v) is 3.92. The van der Waals surface area contributed by atoms with Crippen LogP contribution < -0.4 is 0 Å². The zero-order chi connectivity index (χ0) is 18.1. The van der Waals surface area contributed by atoms with E-state index in [-0.39, 0.29) is 5.78 Å². The number of hydrogen-bond acceptors (Lipinski definition) is 4. The van der Waals surface area contributed by atoms with Gasteiger partial charge in [0.05, 0.1) is 18.2 Å². The van der Waals surface area contributed by atoms with Crippen molar-refractivity contribution in [2.75, 3.05) is 6.61 Å². The molecule has 0 saturated carbocycles. The fourth-order valence-corrected chi connectivity index (χ4v) is 2.46. The van der Waals surface area contributed by atoms with Crippen LogP contribution in [0.1, 0.15) is 41.3 Å². The summed E-state index contributed by atoms with van der Waals surface area (Å²) in [5, 5.41) is 8.87. The second-order valence-electron chi connectivity index (χ2n) is 5.82. The summed E-state index contributed by atoms with van der Waals surface area (Å²) in [6.07, 6.45) is 1.99. The van der Waals surface area contributed by atoms with Gasteiger partial charge in [0, 0.05) is 5.56 Å². The normalized spacial score (nSPS) is 11.4. The predicted octanol–water partition coefficient (Wildman–Crippen LogP) is 3.94. The molecule has 0 amide bonds. The van der Waals surface area contributed by atoms with Crippen LogP contribution in [0.3, 0.4) is 0 Å². The fraction of sp³-hybridized carbons (Fsp3) is 0.286. The van der Waals surface area contributed by atoms with Gasteiger partial charge in [-0.1, -0.05) is 55.8 Å². The molecule has 25 heavy (non-hydrogen) atoms. The number of Topliss-reactive ketones (excluding diaryl/α,β-unsaturated/α-hetero) is 1. The lowest BCUT2D eigenvalue weighted by Crippen LogP contribution is -2.28. The summed E-state index contributed by atoms with van der Waals surface area (Å²) in [5.41, 5.74) is 1.79. The summed E-state index contributed by atoms with van der Waals surface area (Å²) in [4.78, 5) is 25.3. The highest BCUT2D eigenvalue weighted by molar-refractivity contribution is 6.08. The smallest absolute Gasteiger partial charge is 0.317 e. The summed E-state index contributed by atoms with van der Waals surface area (Å²) < 4.78 is 5.29. The van der Waals surface area contributed by atoms with Crippen LogP contribution in [-0.4, -0.2) is 18.4 Å². The Hall–Kier alpha value is -2.93. The molecule has 0 N–H and O–H groups in total. The van der Waals surface area contributed by atoms with Gasteiger partial charge >= 0.3 is 5.97 Å². The minimum absolute atomic E-state index is 0.283. The highest BCUT2D eigenvalue weighted by Crippen LogP contribution is 2.18. The molecule has 2 aromatic carbocycles. The molecule has 0 fully saturated rings. The molecule has 0 aliphatic heterocycles. The number of benzene rings is 2. The molecule has 2 aromatic rings. The quantitative estimate of drug-likeness (QED) is 0.317. The highest BCUT2D eigenvalue weighted by Gasteiger charge is 2.29. The second kappa shape index (κ2) is 9.39. The van der Waals surface area contributed by atoms with Crippen LogP contribution in [0.15, 0.2) is 54.6 Å². The number of hydrogen-bond donors (Lipinski definition) is 0. The first-order chi connectivity index (χ1) is 12.2. The Balaban J connectivity index is 2.21. The van der Waals surface area contributed by atoms with E-state index in [1.165, 1.54) is 0 Å². The number of carbonyl (C=O) groups is 2. The molecule has 2 rings (SSSR count). The van der Waals surface area contributed by atoms with Crippen LogP contribution in [0.4, 0.5) is 0 Å². The Kier molecular flexibility index (Phi) is 6.91. The number of rotatable bonds is 8. The van der Waals surface area contributed by atoms with Crippen LogP contribution in [0.2, 0.25) is 0 Å². The molecule has 128 valence electrons. The molecule has 4 nitrogen and oxygen atoms in total. The lowest BCUT2D eigenvalue weighted by molar-refractivity contribution is -0.146. The zero-order valence-corrected chi connectivity index (χ0v) is 14.3. The lowest BCUT2D eigenvalue weighted by atomic mass is 9.91. The summed E-state index contributed by atoms with van der Waals surface area (Å²) >= 11 is 0. The van der Waals surface area contributed by atoms with E-state index < -0.39 is 11.9 Å². The average Bonchev–Trinajstić information content (AvgIpc) is 2.66. The van der Waals surface area contributed by atoms with E-state index in [1.54, 1.807) is 24.3 Å². The standard InChI is InChI=1S/C21H21NO3/c1-2-3-13-25-21(24)19(14-16-7-5-4-6-8-16)20(23)18-11-9-17(15-22)10-12-18/h4-12,19H,2-3,13-14H2,1H3. The Bertz CT molecular complexity index is 745. The monoisotopic (exact) mass is 335 g/mol. The molecule has 0 aromatic heterocycles. The zero-order valence-electron chi connectivity index (χ0n) is 14.3. The van der Waals surface area contributed by atoms with Crippen LogP contribution in [-0.2, 0) is 16.0 Å². The first kappa shape index (κ1) is 18.4. The van der Waals surface area contributed by atoms with Crippen LogP contribution in [0.5, 0.6) is 0 Å². The van der Waals surface area contributed by atoms with Gasteiger partial charge in [0.1, 0.15) is 5.92 Å². The van der Waals surface area contributed by atoms with Gasteiger partial charge in [0.25, 0.3) is 0 Å². The number of unbranched alkanes of at least 4 members (excludes halogenated alkanes) is 1. The van der Waals surface area contributed by atoms with Crippen LogP contribution in [0, 0.1) is 17.2 Å². The number of nitrogens with zero attached hydrogens (tertiary/aromatic N) is 1. The largest absolute Gasteiger partial charge is 0.465 e. The van der Waals surface area contributed by atoms with Crippen molar-refractivity contribution in [1.82, 2.24) is 0 Å². The minimum atomic E-state index is -0.882. The van der Waals surface area contributed by atoms with Gasteiger partial charge in [-0.15, -0.1) is 0 Å². The first-order valence-electron chi connectivity index (χ1n) is 8.40. The summed E-state index contributed by atoms with van der Waals surface area (Å²) in [6, 6.07) is 17.8. The van der Waals surface area contributed by atoms with Crippen molar-refractivity contribution in [1.29, 1.82) is 5.26 Å². The Morgan fingerprint density at radius 1 is 1.08 bits per heavy atom. The van der Waals surface area contributed by atoms with Crippen LogP contribution >= 0.6 is 0 Å². The molecule has 0 saturated heterocycles. The molecule has 0 bridgehead atoms. The SMILES string of the molecule is CCCCOC(=O)C(Cc1ccccc1)C(=O)c1ccc(C#N)cc1. The second-order valence-corrected chi connectivity index (χ2v) is 5.82. The van der Waals surface area contributed by atoms with E-state index in [0.29, 0.717) is 24.2 Å². The number of esters is 1. The lowest BCUT2D eigenvalue weighted by Gasteiger charge is -2.15. The molecule has 0 heterocycles. The maximum absolute atomic E-state index is 12.8. The maximum Gasteiger partial charge on any atom is 0.317 e. The molecule has 1 unspecified atom stereocenters. The number of ether oxygens (including phenoxy) is 1. The molecular formula is C21H21NO3. The van der Waals surface area contributed by atoms with E-state index in [9.17, 15) is 9.59 Å². The molecule has 0 radical (unpaired) electrons. The first-order valence-corrected chi connectivity index (χ1v) is 8.40. The molecule has 0 aliphatic carbocycles. The van der Waals surface area contributed by atoms with Crippen molar-refractivity contribution in [3.63, 3.8) is 0 Å². The van der Waals surface area contributed by atoms with E-state index >= 15 is 0 Å². The predicted molar refractivity (Wildman–Crippen MR) is 95.0 cm³/mol. The molecule has 1 atom stereocenters. The summed E-state index contributed by atoms with van der Waals surface area (Å²) in [5.74, 6) is -1.66. The van der Waals surface area contributed by atoms with Gasteiger partial charge in [0.2, 0.25) is 0 Å². The number of carbonyl (C=O) groups excluding carboxylic acids is 2. The van der Waals surface area contributed by atoms with Crippen molar-refractivity contribution in [3.8, 4) is 6.07 Å². The number of ketones is 1. The number of nitriles is 1. The molecule has 0 spiro atoms. The molecular weight excluding hydrogens is 314 g/mol. The van der Waals surface area contributed by atoms with Gasteiger partial charge < -0.3 is 4.74 Å². The molecule has 0 aliphatic rings. The van der Waals surface area contributed by atoms with Gasteiger partial charge in [0.15, 0.2) is 5.78 Å². The third-order valence-electron chi connectivity index (χ3n) is 3.92. The molecule has 4 heteroatoms. The van der Waals surface area contributed by atoms with Crippen molar-refractivity contribution in [3.05, 3.63) is 71.3 Å². The van der Waals surface area contributed by atoms with Crippen LogP contribution in [0.25, 0.3) is 0 Å². The van der Waals surface area contributed by atoms with E-state index in [4.69, 9.17) is 10.00 Å². The minimum Gasteiger partial charge on any atom is -0.465 e.